The second-order valence-corrected chi connectivity index (χ2v) is 4.38. The summed E-state index contributed by atoms with van der Waals surface area (Å²) in [5.74, 6) is 1.33. The third-order valence-corrected chi connectivity index (χ3v) is 2.87. The molecule has 1 heterocycles. The van der Waals surface area contributed by atoms with Gasteiger partial charge in [-0.25, -0.2) is 0 Å². The summed E-state index contributed by atoms with van der Waals surface area (Å²) in [5, 5.41) is 3.14. The molecule has 0 spiro atoms. The quantitative estimate of drug-likeness (QED) is 0.578. The summed E-state index contributed by atoms with van der Waals surface area (Å²) in [6.07, 6.45) is 0.857. The zero-order valence-corrected chi connectivity index (χ0v) is 13.1. The Morgan fingerprint density at radius 3 is 2.52 bits per heavy atom. The van der Waals surface area contributed by atoms with Crippen LogP contribution in [0.4, 0.5) is 17.8 Å². The van der Waals surface area contributed by atoms with Crippen LogP contribution in [0.3, 0.4) is 0 Å². The van der Waals surface area contributed by atoms with E-state index < -0.39 is 0 Å². The fraction of sp³-hybridized carbons (Fsp3) is 0.769. The Balaban J connectivity index is 2.41. The number of hydrogen-bond acceptors (Lipinski definition) is 8. The van der Waals surface area contributed by atoms with Crippen molar-refractivity contribution in [2.45, 2.75) is 20.3 Å². The number of nitrogens with two attached hydrogens (primary N) is 1. The normalized spacial score (nSPS) is 10.6. The van der Waals surface area contributed by atoms with Gasteiger partial charge in [0.1, 0.15) is 0 Å². The summed E-state index contributed by atoms with van der Waals surface area (Å²) < 4.78 is 10.3. The number of nitrogens with zero attached hydrogens (tertiary/aromatic N) is 4. The highest BCUT2D eigenvalue weighted by Crippen LogP contribution is 2.11. The van der Waals surface area contributed by atoms with Gasteiger partial charge in [-0.05, 0) is 20.3 Å². The molecule has 0 atom stereocenters. The molecule has 0 saturated carbocycles. The summed E-state index contributed by atoms with van der Waals surface area (Å²) >= 11 is 0. The first-order valence-electron chi connectivity index (χ1n) is 7.28. The van der Waals surface area contributed by atoms with Gasteiger partial charge in [0.05, 0.1) is 13.2 Å². The number of nitrogens with one attached hydrogen (secondary N) is 1. The molecule has 1 rings (SSSR count). The molecule has 0 amide bonds. The van der Waals surface area contributed by atoms with E-state index in [9.17, 15) is 0 Å². The second kappa shape index (κ2) is 10.1. The summed E-state index contributed by atoms with van der Waals surface area (Å²) in [6.45, 7) is 8.36. The number of hydrogen-bond donors (Lipinski definition) is 2. The van der Waals surface area contributed by atoms with Crippen LogP contribution in [-0.2, 0) is 9.47 Å². The van der Waals surface area contributed by atoms with Gasteiger partial charge in [0.25, 0.3) is 0 Å². The molecule has 120 valence electrons. The van der Waals surface area contributed by atoms with E-state index in [2.05, 4.69) is 20.3 Å². The Bertz CT molecular complexity index is 400. The van der Waals surface area contributed by atoms with E-state index in [0.717, 1.165) is 19.5 Å². The molecule has 3 N–H and O–H groups in total. The second-order valence-electron chi connectivity index (χ2n) is 4.38. The topological polar surface area (TPSA) is 98.4 Å². The average Bonchev–Trinajstić information content (AvgIpc) is 2.47. The smallest absolute Gasteiger partial charge is 0.231 e. The van der Waals surface area contributed by atoms with Crippen LogP contribution in [0.25, 0.3) is 0 Å². The molecule has 1 aromatic heterocycles. The summed E-state index contributed by atoms with van der Waals surface area (Å²) in [5.41, 5.74) is 5.72. The summed E-state index contributed by atoms with van der Waals surface area (Å²) in [7, 11) is 1.66. The largest absolute Gasteiger partial charge is 0.382 e. The number of methoxy groups -OCH3 is 1. The molecule has 0 aliphatic heterocycles. The SMILES string of the molecule is CCN(CC)c1nc(N)nc(NCCCOCCOC)n1. The van der Waals surface area contributed by atoms with Crippen molar-refractivity contribution in [3.05, 3.63) is 0 Å². The molecule has 0 fully saturated rings. The molecule has 21 heavy (non-hydrogen) atoms. The first kappa shape index (κ1) is 17.4. The Hall–Kier alpha value is -1.67. The zero-order chi connectivity index (χ0) is 15.5. The molecular weight excluding hydrogens is 272 g/mol. The minimum absolute atomic E-state index is 0.228. The van der Waals surface area contributed by atoms with Gasteiger partial charge in [-0.1, -0.05) is 0 Å². The minimum Gasteiger partial charge on any atom is -0.382 e. The van der Waals surface area contributed by atoms with E-state index >= 15 is 0 Å². The Kier molecular flexibility index (Phi) is 8.37. The fourth-order valence-corrected chi connectivity index (χ4v) is 1.73. The molecule has 0 aromatic carbocycles. The lowest BCUT2D eigenvalue weighted by Crippen LogP contribution is -2.25. The van der Waals surface area contributed by atoms with E-state index in [1.54, 1.807) is 7.11 Å². The maximum absolute atomic E-state index is 5.72. The summed E-state index contributed by atoms with van der Waals surface area (Å²) in [6, 6.07) is 0. The van der Waals surface area contributed by atoms with Crippen molar-refractivity contribution in [2.75, 3.05) is 62.5 Å². The van der Waals surface area contributed by atoms with Crippen LogP contribution in [0.1, 0.15) is 20.3 Å². The lowest BCUT2D eigenvalue weighted by molar-refractivity contribution is 0.0705. The molecule has 0 radical (unpaired) electrons. The van der Waals surface area contributed by atoms with Gasteiger partial charge in [0.15, 0.2) is 0 Å². The predicted octanol–water partition coefficient (Wildman–Crippen LogP) is 0.765. The molecule has 0 aliphatic rings. The van der Waals surface area contributed by atoms with Crippen molar-refractivity contribution in [3.8, 4) is 0 Å². The van der Waals surface area contributed by atoms with Gasteiger partial charge in [0, 0.05) is 33.4 Å². The number of anilines is 3. The van der Waals surface area contributed by atoms with Crippen molar-refractivity contribution in [1.82, 2.24) is 15.0 Å². The van der Waals surface area contributed by atoms with Gasteiger partial charge in [-0.15, -0.1) is 0 Å². The molecule has 0 aliphatic carbocycles. The van der Waals surface area contributed by atoms with Crippen molar-refractivity contribution < 1.29 is 9.47 Å². The lowest BCUT2D eigenvalue weighted by atomic mass is 10.4. The van der Waals surface area contributed by atoms with Crippen molar-refractivity contribution in [3.63, 3.8) is 0 Å². The predicted molar refractivity (Wildman–Crippen MR) is 83.6 cm³/mol. The molecule has 8 nitrogen and oxygen atoms in total. The third-order valence-electron chi connectivity index (χ3n) is 2.87. The minimum atomic E-state index is 0.228. The van der Waals surface area contributed by atoms with Crippen LogP contribution in [0.5, 0.6) is 0 Å². The molecule has 1 aromatic rings. The van der Waals surface area contributed by atoms with Gasteiger partial charge in [0.2, 0.25) is 17.8 Å². The van der Waals surface area contributed by atoms with Gasteiger partial charge in [-0.3, -0.25) is 0 Å². The number of aromatic nitrogens is 3. The van der Waals surface area contributed by atoms with Gasteiger partial charge >= 0.3 is 0 Å². The van der Waals surface area contributed by atoms with E-state index in [1.807, 2.05) is 18.7 Å². The highest BCUT2D eigenvalue weighted by Gasteiger charge is 2.09. The first-order chi connectivity index (χ1) is 10.2. The standard InChI is InChI=1S/C13H26N6O2/c1-4-19(5-2)13-17-11(14)16-12(18-13)15-7-6-8-21-10-9-20-3/h4-10H2,1-3H3,(H3,14,15,16,17,18). The highest BCUT2D eigenvalue weighted by atomic mass is 16.5. The lowest BCUT2D eigenvalue weighted by Gasteiger charge is -2.19. The third kappa shape index (κ3) is 6.54. The van der Waals surface area contributed by atoms with Crippen molar-refractivity contribution >= 4 is 17.8 Å². The van der Waals surface area contributed by atoms with Crippen molar-refractivity contribution in [1.29, 1.82) is 0 Å². The van der Waals surface area contributed by atoms with E-state index in [-0.39, 0.29) is 5.95 Å². The van der Waals surface area contributed by atoms with E-state index in [4.69, 9.17) is 15.2 Å². The van der Waals surface area contributed by atoms with Crippen LogP contribution in [0.2, 0.25) is 0 Å². The molecule has 8 heteroatoms. The highest BCUT2D eigenvalue weighted by molar-refractivity contribution is 5.41. The molecule has 0 bridgehead atoms. The maximum Gasteiger partial charge on any atom is 0.231 e. The zero-order valence-electron chi connectivity index (χ0n) is 13.1. The maximum atomic E-state index is 5.72. The monoisotopic (exact) mass is 298 g/mol. The summed E-state index contributed by atoms with van der Waals surface area (Å²) in [4.78, 5) is 14.6. The molecule has 0 unspecified atom stereocenters. The van der Waals surface area contributed by atoms with Crippen LogP contribution in [0.15, 0.2) is 0 Å². The van der Waals surface area contributed by atoms with Crippen LogP contribution in [-0.4, -0.2) is 61.5 Å². The Morgan fingerprint density at radius 1 is 1.10 bits per heavy atom. The van der Waals surface area contributed by atoms with Gasteiger partial charge < -0.3 is 25.4 Å². The van der Waals surface area contributed by atoms with Crippen molar-refractivity contribution in [2.24, 2.45) is 0 Å². The Morgan fingerprint density at radius 2 is 1.86 bits per heavy atom. The van der Waals surface area contributed by atoms with Crippen LogP contribution < -0.4 is 16.0 Å². The number of ether oxygens (including phenoxy) is 2. The van der Waals surface area contributed by atoms with Crippen LogP contribution >= 0.6 is 0 Å². The van der Waals surface area contributed by atoms with Crippen LogP contribution in [0, 0.1) is 0 Å². The Labute approximate surface area is 126 Å². The average molecular weight is 298 g/mol. The fourth-order valence-electron chi connectivity index (χ4n) is 1.73. The number of rotatable bonds is 11. The first-order valence-corrected chi connectivity index (χ1v) is 7.28. The van der Waals surface area contributed by atoms with E-state index in [1.165, 1.54) is 0 Å². The van der Waals surface area contributed by atoms with E-state index in [0.29, 0.717) is 38.3 Å². The molecular formula is C13H26N6O2. The number of nitrogen functional groups attached to an aromatic ring is 1. The van der Waals surface area contributed by atoms with Gasteiger partial charge in [-0.2, -0.15) is 15.0 Å². The molecule has 0 saturated heterocycles.